The SMILES string of the molecule is CCOC(=O)C1CCC(O)(CNC(C)(C)CC(N)=O)CC1. The molecule has 0 aromatic rings. The lowest BCUT2D eigenvalue weighted by Gasteiger charge is -2.38. The maximum atomic E-state index is 11.7. The van der Waals surface area contributed by atoms with Gasteiger partial charge in [-0.25, -0.2) is 0 Å². The lowest BCUT2D eigenvalue weighted by Crippen LogP contribution is -2.52. The van der Waals surface area contributed by atoms with Crippen molar-refractivity contribution in [3.05, 3.63) is 0 Å². The summed E-state index contributed by atoms with van der Waals surface area (Å²) in [4.78, 5) is 22.7. The summed E-state index contributed by atoms with van der Waals surface area (Å²) in [5.41, 5.74) is 3.93. The van der Waals surface area contributed by atoms with Crippen molar-refractivity contribution in [1.29, 1.82) is 0 Å². The molecule has 0 unspecified atom stereocenters. The Bertz CT molecular complexity index is 374. The van der Waals surface area contributed by atoms with Crippen molar-refractivity contribution in [1.82, 2.24) is 5.32 Å². The van der Waals surface area contributed by atoms with Crippen LogP contribution in [-0.4, -0.2) is 41.3 Å². The molecule has 1 aliphatic rings. The summed E-state index contributed by atoms with van der Waals surface area (Å²) in [7, 11) is 0. The first-order valence-electron chi connectivity index (χ1n) is 7.60. The number of nitrogens with one attached hydrogen (secondary N) is 1. The third-order valence-electron chi connectivity index (χ3n) is 4.05. The molecule has 0 radical (unpaired) electrons. The van der Waals surface area contributed by atoms with Crippen molar-refractivity contribution >= 4 is 11.9 Å². The molecule has 122 valence electrons. The molecule has 1 rings (SSSR count). The van der Waals surface area contributed by atoms with E-state index in [0.29, 0.717) is 38.8 Å². The summed E-state index contributed by atoms with van der Waals surface area (Å²) in [6.45, 7) is 6.34. The van der Waals surface area contributed by atoms with Crippen LogP contribution < -0.4 is 11.1 Å². The summed E-state index contributed by atoms with van der Waals surface area (Å²) in [6, 6.07) is 0. The Morgan fingerprint density at radius 2 is 1.95 bits per heavy atom. The van der Waals surface area contributed by atoms with E-state index >= 15 is 0 Å². The van der Waals surface area contributed by atoms with E-state index in [9.17, 15) is 14.7 Å². The summed E-state index contributed by atoms with van der Waals surface area (Å²) in [5, 5.41) is 13.8. The maximum Gasteiger partial charge on any atom is 0.308 e. The van der Waals surface area contributed by atoms with E-state index < -0.39 is 11.1 Å². The number of primary amides is 1. The normalized spacial score (nSPS) is 26.4. The average molecular weight is 300 g/mol. The summed E-state index contributed by atoms with van der Waals surface area (Å²) in [6.07, 6.45) is 2.58. The van der Waals surface area contributed by atoms with Crippen LogP contribution in [0.25, 0.3) is 0 Å². The van der Waals surface area contributed by atoms with Crippen molar-refractivity contribution in [2.45, 2.75) is 64.0 Å². The zero-order valence-electron chi connectivity index (χ0n) is 13.3. The molecule has 0 aliphatic heterocycles. The smallest absolute Gasteiger partial charge is 0.308 e. The van der Waals surface area contributed by atoms with Crippen LogP contribution >= 0.6 is 0 Å². The van der Waals surface area contributed by atoms with E-state index in [0.717, 1.165) is 0 Å². The standard InChI is InChI=1S/C15H28N2O4/c1-4-21-13(19)11-5-7-15(20,8-6-11)10-17-14(2,3)9-12(16)18/h11,17,20H,4-10H2,1-3H3,(H2,16,18). The van der Waals surface area contributed by atoms with Gasteiger partial charge in [-0.05, 0) is 46.5 Å². The molecule has 6 nitrogen and oxygen atoms in total. The monoisotopic (exact) mass is 300 g/mol. The second-order valence-corrected chi connectivity index (χ2v) is 6.63. The Balaban J connectivity index is 2.44. The van der Waals surface area contributed by atoms with Gasteiger partial charge in [-0.2, -0.15) is 0 Å². The molecular weight excluding hydrogens is 272 g/mol. The number of rotatable bonds is 7. The molecular formula is C15H28N2O4. The molecule has 0 bridgehead atoms. The maximum absolute atomic E-state index is 11.7. The van der Waals surface area contributed by atoms with Gasteiger partial charge in [0.15, 0.2) is 0 Å². The summed E-state index contributed by atoms with van der Waals surface area (Å²) in [5.74, 6) is -0.643. The number of carbonyl (C=O) groups excluding carboxylic acids is 2. The molecule has 0 aromatic carbocycles. The third-order valence-corrected chi connectivity index (χ3v) is 4.05. The predicted molar refractivity (Wildman–Crippen MR) is 79.4 cm³/mol. The highest BCUT2D eigenvalue weighted by molar-refractivity contribution is 5.75. The Kier molecular flexibility index (Phi) is 6.16. The van der Waals surface area contributed by atoms with Gasteiger partial charge >= 0.3 is 5.97 Å². The van der Waals surface area contributed by atoms with Gasteiger partial charge in [0.05, 0.1) is 18.1 Å². The molecule has 4 N–H and O–H groups in total. The van der Waals surface area contributed by atoms with Gasteiger partial charge in [0.2, 0.25) is 5.91 Å². The minimum absolute atomic E-state index is 0.108. The van der Waals surface area contributed by atoms with Crippen molar-refractivity contribution in [3.63, 3.8) is 0 Å². The van der Waals surface area contributed by atoms with Crippen molar-refractivity contribution in [2.24, 2.45) is 11.7 Å². The quantitative estimate of drug-likeness (QED) is 0.601. The van der Waals surface area contributed by atoms with Crippen LogP contribution in [0.15, 0.2) is 0 Å². The summed E-state index contributed by atoms with van der Waals surface area (Å²) >= 11 is 0. The molecule has 1 amide bonds. The van der Waals surface area contributed by atoms with Gasteiger partial charge < -0.3 is 20.9 Å². The molecule has 0 atom stereocenters. The van der Waals surface area contributed by atoms with Gasteiger partial charge in [-0.1, -0.05) is 0 Å². The largest absolute Gasteiger partial charge is 0.466 e. The number of amides is 1. The number of esters is 1. The van der Waals surface area contributed by atoms with Crippen LogP contribution in [0.2, 0.25) is 0 Å². The van der Waals surface area contributed by atoms with Gasteiger partial charge in [-0.3, -0.25) is 9.59 Å². The average Bonchev–Trinajstić information content (AvgIpc) is 2.36. The minimum atomic E-state index is -0.835. The fourth-order valence-electron chi connectivity index (χ4n) is 2.73. The zero-order chi connectivity index (χ0) is 16.1. The van der Waals surface area contributed by atoms with Crippen molar-refractivity contribution in [3.8, 4) is 0 Å². The van der Waals surface area contributed by atoms with E-state index in [1.54, 1.807) is 6.92 Å². The molecule has 1 saturated carbocycles. The van der Waals surface area contributed by atoms with Crippen LogP contribution in [0.3, 0.4) is 0 Å². The fourth-order valence-corrected chi connectivity index (χ4v) is 2.73. The number of aliphatic hydroxyl groups is 1. The van der Waals surface area contributed by atoms with E-state index in [4.69, 9.17) is 10.5 Å². The Morgan fingerprint density at radius 1 is 1.38 bits per heavy atom. The fraction of sp³-hybridized carbons (Fsp3) is 0.867. The van der Waals surface area contributed by atoms with Crippen LogP contribution in [-0.2, 0) is 14.3 Å². The highest BCUT2D eigenvalue weighted by Gasteiger charge is 2.37. The molecule has 6 heteroatoms. The van der Waals surface area contributed by atoms with Crippen LogP contribution in [0, 0.1) is 5.92 Å². The number of hydrogen-bond donors (Lipinski definition) is 3. The molecule has 0 saturated heterocycles. The second kappa shape index (κ2) is 7.22. The number of carbonyl (C=O) groups is 2. The predicted octanol–water partition coefficient (Wildman–Crippen LogP) is 0.714. The highest BCUT2D eigenvalue weighted by Crippen LogP contribution is 2.32. The zero-order valence-corrected chi connectivity index (χ0v) is 13.3. The minimum Gasteiger partial charge on any atom is -0.466 e. The molecule has 0 aromatic heterocycles. The molecule has 21 heavy (non-hydrogen) atoms. The second-order valence-electron chi connectivity index (χ2n) is 6.63. The van der Waals surface area contributed by atoms with Gasteiger partial charge in [-0.15, -0.1) is 0 Å². The molecule has 0 spiro atoms. The Labute approximate surface area is 126 Å². The Hall–Kier alpha value is -1.14. The number of ether oxygens (including phenoxy) is 1. The van der Waals surface area contributed by atoms with E-state index in [-0.39, 0.29) is 24.2 Å². The lowest BCUT2D eigenvalue weighted by molar-refractivity contribution is -0.151. The van der Waals surface area contributed by atoms with E-state index in [1.807, 2.05) is 13.8 Å². The molecule has 1 fully saturated rings. The van der Waals surface area contributed by atoms with Gasteiger partial charge in [0, 0.05) is 18.5 Å². The van der Waals surface area contributed by atoms with Crippen molar-refractivity contribution in [2.75, 3.05) is 13.2 Å². The lowest BCUT2D eigenvalue weighted by atomic mass is 9.78. The molecule has 0 heterocycles. The van der Waals surface area contributed by atoms with Gasteiger partial charge in [0.1, 0.15) is 0 Å². The van der Waals surface area contributed by atoms with Crippen LogP contribution in [0.1, 0.15) is 52.9 Å². The topological polar surface area (TPSA) is 102 Å². The number of β-amino-alcohol motifs (C(OH)–C–C–N with tert-alkyl or cyclic N) is 1. The van der Waals surface area contributed by atoms with Crippen LogP contribution in [0.5, 0.6) is 0 Å². The third kappa shape index (κ3) is 6.01. The highest BCUT2D eigenvalue weighted by atomic mass is 16.5. The van der Waals surface area contributed by atoms with E-state index in [1.165, 1.54) is 0 Å². The van der Waals surface area contributed by atoms with Crippen LogP contribution in [0.4, 0.5) is 0 Å². The number of hydrogen-bond acceptors (Lipinski definition) is 5. The van der Waals surface area contributed by atoms with E-state index in [2.05, 4.69) is 5.32 Å². The molecule has 1 aliphatic carbocycles. The first-order valence-corrected chi connectivity index (χ1v) is 7.60. The Morgan fingerprint density at radius 3 is 2.43 bits per heavy atom. The first-order chi connectivity index (χ1) is 9.67. The van der Waals surface area contributed by atoms with Gasteiger partial charge in [0.25, 0.3) is 0 Å². The number of nitrogens with two attached hydrogens (primary N) is 1. The van der Waals surface area contributed by atoms with Crippen molar-refractivity contribution < 1.29 is 19.4 Å². The summed E-state index contributed by atoms with van der Waals surface area (Å²) < 4.78 is 5.02. The first kappa shape index (κ1) is 17.9.